The standard InChI is InChI=1S/C46H26N4S/c1-3-13-27(14-4-1)29-23-24-38-33(25-29)35-26-34-30-17-7-10-20-36(30)49-37-21-11-8-18-31(37)40(42(34)49)43(35)50(38)46-44-41(32-19-9-12-22-39(32)51-44)47-45(48-46)28-15-5-2-6-16-28/h1-26H. The van der Waals surface area contributed by atoms with E-state index in [0.29, 0.717) is 0 Å². The minimum absolute atomic E-state index is 0.726. The van der Waals surface area contributed by atoms with Gasteiger partial charge in [0.15, 0.2) is 11.6 Å². The van der Waals surface area contributed by atoms with Gasteiger partial charge >= 0.3 is 0 Å². The summed E-state index contributed by atoms with van der Waals surface area (Å²) in [4.78, 5) is 10.8. The fourth-order valence-corrected chi connectivity index (χ4v) is 9.60. The monoisotopic (exact) mass is 666 g/mol. The molecule has 0 amide bonds. The summed E-state index contributed by atoms with van der Waals surface area (Å²) in [6.07, 6.45) is 0. The highest BCUT2D eigenvalue weighted by molar-refractivity contribution is 7.26. The van der Waals surface area contributed by atoms with Crippen molar-refractivity contribution in [1.29, 1.82) is 0 Å². The SMILES string of the molecule is c1ccc(-c2ccc3c(c2)c2cc4c5ccccc5n5c6ccccc6c(c2n3-c2nc(-c3ccccc3)nc3c2sc2ccccc23)c45)cc1. The first-order valence-corrected chi connectivity index (χ1v) is 18.1. The van der Waals surface area contributed by atoms with Crippen LogP contribution in [0.2, 0.25) is 0 Å². The molecule has 12 aromatic rings. The van der Waals surface area contributed by atoms with E-state index in [9.17, 15) is 0 Å². The van der Waals surface area contributed by atoms with Gasteiger partial charge in [0.1, 0.15) is 0 Å². The minimum Gasteiger partial charge on any atom is -0.308 e. The second-order valence-corrected chi connectivity index (χ2v) is 14.4. The zero-order valence-electron chi connectivity index (χ0n) is 27.2. The number of fused-ring (bicyclic) bond motifs is 13. The quantitative estimate of drug-likeness (QED) is 0.188. The molecule has 0 aliphatic heterocycles. The molecule has 0 atom stereocenters. The molecule has 0 N–H and O–H groups in total. The molecule has 12 rings (SSSR count). The van der Waals surface area contributed by atoms with E-state index in [1.807, 2.05) is 6.07 Å². The van der Waals surface area contributed by atoms with Gasteiger partial charge in [-0.1, -0.05) is 121 Å². The summed E-state index contributed by atoms with van der Waals surface area (Å²) >= 11 is 1.78. The van der Waals surface area contributed by atoms with Crippen molar-refractivity contribution < 1.29 is 0 Å². The van der Waals surface area contributed by atoms with Gasteiger partial charge in [-0.15, -0.1) is 11.3 Å². The topological polar surface area (TPSA) is 35.1 Å². The van der Waals surface area contributed by atoms with Gasteiger partial charge in [-0.05, 0) is 47.5 Å². The van der Waals surface area contributed by atoms with Gasteiger partial charge in [-0.3, -0.25) is 4.57 Å². The van der Waals surface area contributed by atoms with Crippen LogP contribution in [0.3, 0.4) is 0 Å². The van der Waals surface area contributed by atoms with Gasteiger partial charge in [-0.25, -0.2) is 9.97 Å². The van der Waals surface area contributed by atoms with Crippen LogP contribution in [0.25, 0.3) is 109 Å². The average molecular weight is 667 g/mol. The van der Waals surface area contributed by atoms with Crippen molar-refractivity contribution >= 4 is 91.5 Å². The summed E-state index contributed by atoms with van der Waals surface area (Å²) in [5, 5.41) is 8.62. The Kier molecular flexibility index (Phi) is 5.35. The summed E-state index contributed by atoms with van der Waals surface area (Å²) in [7, 11) is 0. The highest BCUT2D eigenvalue weighted by Gasteiger charge is 2.27. The Hall–Kier alpha value is -6.56. The third-order valence-corrected chi connectivity index (χ3v) is 11.8. The number of nitrogens with zero attached hydrogens (tertiary/aromatic N) is 4. The van der Waals surface area contributed by atoms with Gasteiger partial charge in [-0.2, -0.15) is 0 Å². The van der Waals surface area contributed by atoms with Crippen molar-refractivity contribution in [1.82, 2.24) is 18.9 Å². The summed E-state index contributed by atoms with van der Waals surface area (Å²) in [5.74, 6) is 1.64. The fraction of sp³-hybridized carbons (Fsp3) is 0. The zero-order chi connectivity index (χ0) is 33.2. The van der Waals surface area contributed by atoms with Gasteiger partial charge in [0, 0.05) is 48.0 Å². The molecule has 0 spiro atoms. The fourth-order valence-electron chi connectivity index (χ4n) is 8.48. The lowest BCUT2D eigenvalue weighted by atomic mass is 10.0. The smallest absolute Gasteiger partial charge is 0.162 e. The van der Waals surface area contributed by atoms with Gasteiger partial charge in [0.2, 0.25) is 0 Å². The predicted molar refractivity (Wildman–Crippen MR) is 215 cm³/mol. The molecular formula is C46H26N4S. The van der Waals surface area contributed by atoms with Crippen molar-refractivity contribution in [3.05, 3.63) is 158 Å². The molecule has 0 fully saturated rings. The average Bonchev–Trinajstić information content (AvgIpc) is 3.93. The maximum atomic E-state index is 5.52. The largest absolute Gasteiger partial charge is 0.308 e. The first-order chi connectivity index (χ1) is 25.3. The van der Waals surface area contributed by atoms with Gasteiger partial charge < -0.3 is 4.40 Å². The Labute approximate surface area is 295 Å². The van der Waals surface area contributed by atoms with Crippen molar-refractivity contribution in [2.75, 3.05) is 0 Å². The van der Waals surface area contributed by atoms with Crippen LogP contribution in [-0.2, 0) is 0 Å². The molecule has 5 heteroatoms. The van der Waals surface area contributed by atoms with Crippen LogP contribution >= 0.6 is 11.3 Å². The van der Waals surface area contributed by atoms with E-state index >= 15 is 0 Å². The Morgan fingerprint density at radius 2 is 1.08 bits per heavy atom. The molecule has 51 heavy (non-hydrogen) atoms. The second-order valence-electron chi connectivity index (χ2n) is 13.4. The summed E-state index contributed by atoms with van der Waals surface area (Å²) in [5.41, 5.74) is 10.4. The lowest BCUT2D eigenvalue weighted by Crippen LogP contribution is -2.01. The molecule has 0 bridgehead atoms. The number of benzene rings is 7. The number of thiophene rings is 1. The van der Waals surface area contributed by atoms with Crippen LogP contribution in [0.5, 0.6) is 0 Å². The van der Waals surface area contributed by atoms with E-state index in [0.717, 1.165) is 38.3 Å². The van der Waals surface area contributed by atoms with Crippen molar-refractivity contribution in [2.45, 2.75) is 0 Å². The van der Waals surface area contributed by atoms with Crippen LogP contribution < -0.4 is 0 Å². The lowest BCUT2D eigenvalue weighted by molar-refractivity contribution is 1.08. The third kappa shape index (κ3) is 3.63. The van der Waals surface area contributed by atoms with Crippen LogP contribution in [0.1, 0.15) is 0 Å². The predicted octanol–water partition coefficient (Wildman–Crippen LogP) is 12.4. The van der Waals surface area contributed by atoms with Gasteiger partial charge in [0.25, 0.3) is 0 Å². The van der Waals surface area contributed by atoms with E-state index in [4.69, 9.17) is 9.97 Å². The minimum atomic E-state index is 0.726. The maximum absolute atomic E-state index is 5.52. The second kappa shape index (κ2) is 10.0. The molecule has 0 aliphatic rings. The highest BCUT2D eigenvalue weighted by Crippen LogP contribution is 2.48. The van der Waals surface area contributed by atoms with Crippen LogP contribution in [-0.4, -0.2) is 18.9 Å². The summed E-state index contributed by atoms with van der Waals surface area (Å²) < 4.78 is 7.21. The Morgan fingerprint density at radius 1 is 0.431 bits per heavy atom. The molecule has 236 valence electrons. The van der Waals surface area contributed by atoms with Gasteiger partial charge in [0.05, 0.1) is 37.8 Å². The molecule has 0 saturated heterocycles. The number of hydrogen-bond donors (Lipinski definition) is 0. The molecule has 0 unspecified atom stereocenters. The molecule has 0 saturated carbocycles. The Morgan fingerprint density at radius 3 is 1.88 bits per heavy atom. The van der Waals surface area contributed by atoms with E-state index in [-0.39, 0.29) is 0 Å². The maximum Gasteiger partial charge on any atom is 0.162 e. The normalized spacial score (nSPS) is 12.3. The van der Waals surface area contributed by atoms with Crippen molar-refractivity contribution in [3.8, 4) is 28.3 Å². The number of aromatic nitrogens is 4. The lowest BCUT2D eigenvalue weighted by Gasteiger charge is -2.12. The van der Waals surface area contributed by atoms with Crippen LogP contribution in [0.15, 0.2) is 158 Å². The van der Waals surface area contributed by atoms with E-state index in [1.165, 1.54) is 70.2 Å². The van der Waals surface area contributed by atoms with E-state index < -0.39 is 0 Å². The molecule has 4 nitrogen and oxygen atoms in total. The van der Waals surface area contributed by atoms with Crippen molar-refractivity contribution in [3.63, 3.8) is 0 Å². The molecule has 5 heterocycles. The van der Waals surface area contributed by atoms with Crippen LogP contribution in [0.4, 0.5) is 0 Å². The Balaban J connectivity index is 1.34. The first-order valence-electron chi connectivity index (χ1n) is 17.3. The summed E-state index contributed by atoms with van der Waals surface area (Å²) in [6, 6.07) is 56.8. The third-order valence-electron chi connectivity index (χ3n) is 10.6. The van der Waals surface area contributed by atoms with E-state index in [2.05, 4.69) is 161 Å². The summed E-state index contributed by atoms with van der Waals surface area (Å²) in [6.45, 7) is 0. The van der Waals surface area contributed by atoms with Crippen LogP contribution in [0, 0.1) is 0 Å². The molecule has 7 aromatic carbocycles. The molecule has 0 radical (unpaired) electrons. The number of para-hydroxylation sites is 2. The first kappa shape index (κ1) is 27.3. The Bertz CT molecular complexity index is 3350. The number of hydrogen-bond acceptors (Lipinski definition) is 3. The molecular weight excluding hydrogens is 641 g/mol. The molecule has 0 aliphatic carbocycles. The number of rotatable bonds is 3. The van der Waals surface area contributed by atoms with Crippen molar-refractivity contribution in [2.24, 2.45) is 0 Å². The molecule has 5 aromatic heterocycles. The van der Waals surface area contributed by atoms with E-state index in [1.54, 1.807) is 11.3 Å². The highest BCUT2D eigenvalue weighted by atomic mass is 32.1. The zero-order valence-corrected chi connectivity index (χ0v) is 28.0.